The van der Waals surface area contributed by atoms with Gasteiger partial charge in [-0.3, -0.25) is 4.72 Å². The molecule has 1 aliphatic rings. The molecule has 9 nitrogen and oxygen atoms in total. The molecule has 0 radical (unpaired) electrons. The number of benzene rings is 2. The summed E-state index contributed by atoms with van der Waals surface area (Å²) < 4.78 is 38.9. The summed E-state index contributed by atoms with van der Waals surface area (Å²) in [5, 5.41) is 8.71. The van der Waals surface area contributed by atoms with E-state index in [0.29, 0.717) is 29.1 Å². The third-order valence-electron chi connectivity index (χ3n) is 4.79. The minimum absolute atomic E-state index is 0.0485. The first kappa shape index (κ1) is 20.2. The van der Waals surface area contributed by atoms with Crippen molar-refractivity contribution in [2.45, 2.75) is 30.8 Å². The van der Waals surface area contributed by atoms with Crippen molar-refractivity contribution in [1.29, 1.82) is 0 Å². The van der Waals surface area contributed by atoms with Crippen LogP contribution in [0.1, 0.15) is 30.3 Å². The van der Waals surface area contributed by atoms with Crippen molar-refractivity contribution in [2.24, 2.45) is 0 Å². The van der Waals surface area contributed by atoms with Crippen molar-refractivity contribution in [1.82, 2.24) is 9.97 Å². The average molecular weight is 431 g/mol. The van der Waals surface area contributed by atoms with Crippen molar-refractivity contribution in [3.63, 3.8) is 0 Å². The maximum atomic E-state index is 12.8. The number of fused-ring (bicyclic) bond motifs is 1. The van der Waals surface area contributed by atoms with E-state index in [4.69, 9.17) is 14.6 Å². The zero-order chi connectivity index (χ0) is 21.3. The molecule has 0 saturated carbocycles. The first-order valence-corrected chi connectivity index (χ1v) is 10.9. The minimum Gasteiger partial charge on any atom is -0.482 e. The summed E-state index contributed by atoms with van der Waals surface area (Å²) in [6.07, 6.45) is 1.85. The summed E-state index contributed by atoms with van der Waals surface area (Å²) in [4.78, 5) is 18.4. The van der Waals surface area contributed by atoms with Gasteiger partial charge in [0, 0.05) is 6.61 Å². The molecule has 1 saturated heterocycles. The molecular weight excluding hydrogens is 410 g/mol. The highest BCUT2D eigenvalue weighted by molar-refractivity contribution is 7.92. The van der Waals surface area contributed by atoms with Crippen LogP contribution in [0.3, 0.4) is 0 Å². The Morgan fingerprint density at radius 2 is 2.17 bits per heavy atom. The van der Waals surface area contributed by atoms with E-state index >= 15 is 0 Å². The lowest BCUT2D eigenvalue weighted by atomic mass is 10.2. The van der Waals surface area contributed by atoms with Crippen molar-refractivity contribution in [3.05, 3.63) is 47.8 Å². The Hall–Kier alpha value is -3.11. The van der Waals surface area contributed by atoms with Crippen molar-refractivity contribution in [2.75, 3.05) is 17.9 Å². The van der Waals surface area contributed by atoms with Crippen LogP contribution in [0.25, 0.3) is 11.0 Å². The number of nitrogens with one attached hydrogen (secondary N) is 2. The lowest BCUT2D eigenvalue weighted by Crippen LogP contribution is -2.14. The van der Waals surface area contributed by atoms with Gasteiger partial charge in [-0.05, 0) is 61.7 Å². The highest BCUT2D eigenvalue weighted by Crippen LogP contribution is 2.29. The van der Waals surface area contributed by atoms with Gasteiger partial charge in [0.25, 0.3) is 10.0 Å². The van der Waals surface area contributed by atoms with Gasteiger partial charge >= 0.3 is 5.97 Å². The Balaban J connectivity index is 1.54. The van der Waals surface area contributed by atoms with Gasteiger partial charge in [-0.2, -0.15) is 0 Å². The topological polar surface area (TPSA) is 131 Å². The minimum atomic E-state index is -3.84. The van der Waals surface area contributed by atoms with E-state index in [-0.39, 0.29) is 11.0 Å². The second-order valence-electron chi connectivity index (χ2n) is 7.07. The number of sulfonamides is 1. The van der Waals surface area contributed by atoms with E-state index < -0.39 is 22.6 Å². The Bertz CT molecular complexity index is 1200. The molecule has 1 fully saturated rings. The summed E-state index contributed by atoms with van der Waals surface area (Å²) in [5.74, 6) is -0.0448. The number of anilines is 1. The van der Waals surface area contributed by atoms with Crippen LogP contribution in [0.4, 0.5) is 5.69 Å². The van der Waals surface area contributed by atoms with E-state index in [1.807, 2.05) is 0 Å². The highest BCUT2D eigenvalue weighted by atomic mass is 32.2. The summed E-state index contributed by atoms with van der Waals surface area (Å²) in [7, 11) is -3.84. The fourth-order valence-electron chi connectivity index (χ4n) is 3.34. The molecule has 0 aliphatic carbocycles. The van der Waals surface area contributed by atoms with E-state index in [1.165, 1.54) is 18.2 Å². The Kier molecular flexibility index (Phi) is 5.35. The van der Waals surface area contributed by atoms with Crippen LogP contribution < -0.4 is 9.46 Å². The molecule has 2 aromatic carbocycles. The van der Waals surface area contributed by atoms with Crippen LogP contribution in [0.15, 0.2) is 41.3 Å². The fraction of sp³-hybridized carbons (Fsp3) is 0.300. The number of aryl methyl sites for hydroxylation is 1. The van der Waals surface area contributed by atoms with Gasteiger partial charge in [0.2, 0.25) is 0 Å². The molecule has 158 valence electrons. The molecule has 1 aliphatic heterocycles. The first-order chi connectivity index (χ1) is 14.3. The molecule has 1 atom stereocenters. The van der Waals surface area contributed by atoms with Gasteiger partial charge in [-0.1, -0.05) is 0 Å². The molecule has 1 aromatic heterocycles. The molecule has 0 amide bonds. The SMILES string of the molecule is Cc1cc(S(=O)(=O)Nc2ccc3nc(C4CCCO4)[nH]c3c2)ccc1OCC(=O)O. The number of hydrogen-bond acceptors (Lipinski definition) is 6. The Morgan fingerprint density at radius 1 is 1.33 bits per heavy atom. The Morgan fingerprint density at radius 3 is 2.87 bits per heavy atom. The fourth-order valence-corrected chi connectivity index (χ4v) is 4.48. The lowest BCUT2D eigenvalue weighted by Gasteiger charge is -2.11. The van der Waals surface area contributed by atoms with E-state index in [2.05, 4.69) is 14.7 Å². The van der Waals surface area contributed by atoms with Crippen LogP contribution in [0, 0.1) is 6.92 Å². The maximum absolute atomic E-state index is 12.8. The average Bonchev–Trinajstić information content (AvgIpc) is 3.35. The summed E-state index contributed by atoms with van der Waals surface area (Å²) in [5.41, 5.74) is 2.37. The number of aromatic amines is 1. The monoisotopic (exact) mass is 431 g/mol. The van der Waals surface area contributed by atoms with Gasteiger partial charge in [0.05, 0.1) is 21.6 Å². The number of rotatable bonds is 7. The van der Waals surface area contributed by atoms with Gasteiger partial charge in [0.1, 0.15) is 17.7 Å². The van der Waals surface area contributed by atoms with E-state index in [9.17, 15) is 13.2 Å². The number of H-pyrrole nitrogens is 1. The van der Waals surface area contributed by atoms with Crippen LogP contribution in [-0.4, -0.2) is 42.7 Å². The highest BCUT2D eigenvalue weighted by Gasteiger charge is 2.21. The maximum Gasteiger partial charge on any atom is 0.341 e. The molecule has 3 N–H and O–H groups in total. The van der Waals surface area contributed by atoms with Gasteiger partial charge in [-0.25, -0.2) is 18.2 Å². The van der Waals surface area contributed by atoms with Crippen LogP contribution >= 0.6 is 0 Å². The summed E-state index contributed by atoms with van der Waals surface area (Å²) in [6.45, 7) is 1.87. The number of ether oxygens (including phenoxy) is 2. The predicted octanol–water partition coefficient (Wildman–Crippen LogP) is 2.99. The van der Waals surface area contributed by atoms with Crippen LogP contribution in [-0.2, 0) is 19.6 Å². The molecule has 0 bridgehead atoms. The standard InChI is InChI=1S/C20H21N3O6S/c1-12-9-14(5-7-17(12)29-11-19(24)25)30(26,27)23-13-4-6-15-16(10-13)22-20(21-15)18-3-2-8-28-18/h4-7,9-10,18,23H,2-3,8,11H2,1H3,(H,21,22)(H,24,25). The normalized spacial score (nSPS) is 16.6. The van der Waals surface area contributed by atoms with E-state index in [0.717, 1.165) is 24.2 Å². The number of nitrogens with zero attached hydrogens (tertiary/aromatic N) is 1. The van der Waals surface area contributed by atoms with Crippen LogP contribution in [0.2, 0.25) is 0 Å². The number of carbonyl (C=O) groups is 1. The summed E-state index contributed by atoms with van der Waals surface area (Å²) in [6, 6.07) is 9.34. The van der Waals surface area contributed by atoms with E-state index in [1.54, 1.807) is 25.1 Å². The molecule has 30 heavy (non-hydrogen) atoms. The zero-order valence-electron chi connectivity index (χ0n) is 16.2. The molecule has 4 rings (SSSR count). The smallest absolute Gasteiger partial charge is 0.341 e. The molecule has 2 heterocycles. The second kappa shape index (κ2) is 7.96. The number of carboxylic acids is 1. The molecule has 10 heteroatoms. The number of aliphatic carboxylic acids is 1. The lowest BCUT2D eigenvalue weighted by molar-refractivity contribution is -0.139. The molecule has 0 spiro atoms. The number of imidazole rings is 1. The summed E-state index contributed by atoms with van der Waals surface area (Å²) >= 11 is 0. The quantitative estimate of drug-likeness (QED) is 0.524. The molecule has 3 aromatic rings. The predicted molar refractivity (Wildman–Crippen MR) is 109 cm³/mol. The zero-order valence-corrected chi connectivity index (χ0v) is 17.0. The van der Waals surface area contributed by atoms with Gasteiger partial charge in [0.15, 0.2) is 6.61 Å². The van der Waals surface area contributed by atoms with Gasteiger partial charge in [-0.15, -0.1) is 0 Å². The third kappa shape index (κ3) is 4.24. The van der Waals surface area contributed by atoms with Gasteiger partial charge < -0.3 is 19.6 Å². The van der Waals surface area contributed by atoms with Crippen molar-refractivity contribution >= 4 is 32.7 Å². The van der Waals surface area contributed by atoms with Crippen molar-refractivity contribution in [3.8, 4) is 5.75 Å². The largest absolute Gasteiger partial charge is 0.482 e. The number of carboxylic acid groups (broad SMARTS) is 1. The molecular formula is C20H21N3O6S. The second-order valence-corrected chi connectivity index (χ2v) is 8.75. The first-order valence-electron chi connectivity index (χ1n) is 9.41. The molecule has 1 unspecified atom stereocenters. The van der Waals surface area contributed by atoms with Crippen molar-refractivity contribution < 1.29 is 27.8 Å². The number of aromatic nitrogens is 2. The third-order valence-corrected chi connectivity index (χ3v) is 6.17. The van der Waals surface area contributed by atoms with Crippen LogP contribution in [0.5, 0.6) is 5.75 Å². The Labute approximate surface area is 173 Å². The number of hydrogen-bond donors (Lipinski definition) is 3.